The molecular formula is C16H8F2. The molecule has 2 aromatic rings. The summed E-state index contributed by atoms with van der Waals surface area (Å²) >= 11 is 0. The van der Waals surface area contributed by atoms with E-state index in [1.807, 2.05) is 0 Å². The van der Waals surface area contributed by atoms with E-state index in [0.717, 1.165) is 0 Å². The van der Waals surface area contributed by atoms with Crippen molar-refractivity contribution in [3.8, 4) is 23.7 Å². The zero-order valence-corrected chi connectivity index (χ0v) is 9.37. The lowest BCUT2D eigenvalue weighted by Crippen LogP contribution is -1.81. The normalized spacial score (nSPS) is 8.78. The van der Waals surface area contributed by atoms with Crippen LogP contribution in [0.4, 0.5) is 8.78 Å². The molecule has 0 fully saturated rings. The van der Waals surface area contributed by atoms with Crippen LogP contribution in [0.1, 0.15) is 11.1 Å². The maximum Gasteiger partial charge on any atom is 0.138 e. The molecule has 0 atom stereocenters. The average Bonchev–Trinajstić information content (AvgIpc) is 2.38. The molecule has 18 heavy (non-hydrogen) atoms. The van der Waals surface area contributed by atoms with Gasteiger partial charge in [0, 0.05) is 0 Å². The Morgan fingerprint density at radius 3 is 1.39 bits per heavy atom. The Hall–Kier alpha value is -2.58. The molecule has 0 spiro atoms. The molecule has 0 unspecified atom stereocenters. The molecule has 0 aliphatic carbocycles. The molecule has 0 nitrogen and oxygen atoms in total. The van der Waals surface area contributed by atoms with Crippen LogP contribution in [0.5, 0.6) is 0 Å². The van der Waals surface area contributed by atoms with Gasteiger partial charge in [-0.15, -0.1) is 0 Å². The zero-order valence-electron chi connectivity index (χ0n) is 9.37. The van der Waals surface area contributed by atoms with Gasteiger partial charge in [0.1, 0.15) is 11.6 Å². The molecule has 0 amide bonds. The smallest absolute Gasteiger partial charge is 0.138 e. The Labute approximate surface area is 104 Å². The summed E-state index contributed by atoms with van der Waals surface area (Å²) in [5, 5.41) is 0. The predicted octanol–water partition coefficient (Wildman–Crippen LogP) is 3.37. The fourth-order valence-corrected chi connectivity index (χ4v) is 1.32. The van der Waals surface area contributed by atoms with E-state index >= 15 is 0 Å². The first-order chi connectivity index (χ1) is 8.77. The van der Waals surface area contributed by atoms with E-state index in [9.17, 15) is 8.78 Å². The molecule has 0 saturated heterocycles. The van der Waals surface area contributed by atoms with Crippen molar-refractivity contribution in [3.05, 3.63) is 71.3 Å². The maximum absolute atomic E-state index is 13.2. The lowest BCUT2D eigenvalue weighted by Gasteiger charge is -1.90. The summed E-state index contributed by atoms with van der Waals surface area (Å²) < 4.78 is 26.4. The van der Waals surface area contributed by atoms with Gasteiger partial charge in [-0.25, -0.2) is 8.78 Å². The Morgan fingerprint density at radius 1 is 0.611 bits per heavy atom. The van der Waals surface area contributed by atoms with Crippen molar-refractivity contribution < 1.29 is 8.78 Å². The molecule has 2 aromatic carbocycles. The van der Waals surface area contributed by atoms with Gasteiger partial charge in [-0.05, 0) is 47.9 Å². The largest absolute Gasteiger partial charge is 0.206 e. The number of benzene rings is 2. The van der Waals surface area contributed by atoms with E-state index in [0.29, 0.717) is 0 Å². The highest BCUT2D eigenvalue weighted by Crippen LogP contribution is 2.04. The quantitative estimate of drug-likeness (QED) is 0.617. The first kappa shape index (κ1) is 11.9. The monoisotopic (exact) mass is 238 g/mol. The van der Waals surface area contributed by atoms with Crippen LogP contribution in [0.3, 0.4) is 0 Å². The summed E-state index contributed by atoms with van der Waals surface area (Å²) in [5.41, 5.74) is 0.556. The van der Waals surface area contributed by atoms with Crippen LogP contribution in [0.2, 0.25) is 0 Å². The van der Waals surface area contributed by atoms with Crippen molar-refractivity contribution in [1.82, 2.24) is 0 Å². The Bertz CT molecular complexity index is 618. The molecule has 2 rings (SSSR count). The minimum Gasteiger partial charge on any atom is -0.206 e. The summed E-state index contributed by atoms with van der Waals surface area (Å²) in [6.07, 6.45) is 0. The fourth-order valence-electron chi connectivity index (χ4n) is 1.32. The Kier molecular flexibility index (Phi) is 3.74. The lowest BCUT2D eigenvalue weighted by atomic mass is 10.2. The third-order valence-electron chi connectivity index (χ3n) is 2.20. The highest BCUT2D eigenvalue weighted by atomic mass is 19.1. The topological polar surface area (TPSA) is 0 Å². The van der Waals surface area contributed by atoms with Gasteiger partial charge < -0.3 is 0 Å². The molecule has 86 valence electrons. The van der Waals surface area contributed by atoms with Crippen molar-refractivity contribution in [2.75, 3.05) is 0 Å². The minimum atomic E-state index is -0.391. The fraction of sp³-hybridized carbons (Fsp3) is 0. The third-order valence-corrected chi connectivity index (χ3v) is 2.20. The summed E-state index contributed by atoms with van der Waals surface area (Å²) in [7, 11) is 0. The van der Waals surface area contributed by atoms with Gasteiger partial charge in [0.25, 0.3) is 0 Å². The van der Waals surface area contributed by atoms with Crippen LogP contribution in [-0.2, 0) is 0 Å². The molecule has 0 N–H and O–H groups in total. The van der Waals surface area contributed by atoms with Crippen molar-refractivity contribution in [3.63, 3.8) is 0 Å². The Morgan fingerprint density at radius 2 is 1.00 bits per heavy atom. The maximum atomic E-state index is 13.2. The second-order valence-electron chi connectivity index (χ2n) is 3.46. The van der Waals surface area contributed by atoms with E-state index in [2.05, 4.69) is 23.7 Å². The van der Waals surface area contributed by atoms with Gasteiger partial charge in [0.15, 0.2) is 0 Å². The summed E-state index contributed by atoms with van der Waals surface area (Å²) in [6.45, 7) is 0. The second-order valence-corrected chi connectivity index (χ2v) is 3.46. The molecule has 0 aliphatic rings. The molecule has 0 aromatic heterocycles. The van der Waals surface area contributed by atoms with E-state index in [1.165, 1.54) is 12.1 Å². The van der Waals surface area contributed by atoms with Gasteiger partial charge in [0.05, 0.1) is 11.1 Å². The molecule has 0 saturated carbocycles. The van der Waals surface area contributed by atoms with Gasteiger partial charge in [0.2, 0.25) is 0 Å². The lowest BCUT2D eigenvalue weighted by molar-refractivity contribution is 0.624. The minimum absolute atomic E-state index is 0.278. The molecule has 0 heterocycles. The van der Waals surface area contributed by atoms with E-state index in [1.54, 1.807) is 36.4 Å². The third kappa shape index (κ3) is 2.97. The van der Waals surface area contributed by atoms with E-state index in [4.69, 9.17) is 0 Å². The average molecular weight is 238 g/mol. The van der Waals surface area contributed by atoms with Crippen molar-refractivity contribution in [2.45, 2.75) is 0 Å². The number of hydrogen-bond donors (Lipinski definition) is 0. The van der Waals surface area contributed by atoms with E-state index in [-0.39, 0.29) is 11.1 Å². The number of hydrogen-bond acceptors (Lipinski definition) is 0. The molecule has 2 heteroatoms. The van der Waals surface area contributed by atoms with Crippen molar-refractivity contribution in [1.29, 1.82) is 0 Å². The first-order valence-electron chi connectivity index (χ1n) is 5.28. The second kappa shape index (κ2) is 5.66. The summed E-state index contributed by atoms with van der Waals surface area (Å²) in [5.74, 6) is 9.38. The SMILES string of the molecule is Fc1ccccc1C#CC#Cc1ccccc1F. The first-order valence-corrected chi connectivity index (χ1v) is 5.28. The van der Waals surface area contributed by atoms with Crippen LogP contribution in [0.25, 0.3) is 0 Å². The zero-order chi connectivity index (χ0) is 12.8. The molecule has 0 radical (unpaired) electrons. The van der Waals surface area contributed by atoms with Crippen LogP contribution in [0.15, 0.2) is 48.5 Å². The van der Waals surface area contributed by atoms with Gasteiger partial charge >= 0.3 is 0 Å². The van der Waals surface area contributed by atoms with Crippen molar-refractivity contribution in [2.24, 2.45) is 0 Å². The van der Waals surface area contributed by atoms with Crippen LogP contribution >= 0.6 is 0 Å². The highest BCUT2D eigenvalue weighted by molar-refractivity contribution is 5.44. The number of rotatable bonds is 0. The highest BCUT2D eigenvalue weighted by Gasteiger charge is 1.95. The van der Waals surface area contributed by atoms with Gasteiger partial charge in [-0.1, -0.05) is 24.3 Å². The standard InChI is InChI=1S/C16H8F2/c17-15-11-5-3-9-13(15)7-1-2-8-14-10-4-6-12-16(14)18/h3-6,9-12H. The van der Waals surface area contributed by atoms with Crippen molar-refractivity contribution >= 4 is 0 Å². The van der Waals surface area contributed by atoms with Crippen LogP contribution < -0.4 is 0 Å². The summed E-state index contributed by atoms with van der Waals surface area (Å²) in [6, 6.07) is 12.3. The molecular weight excluding hydrogens is 230 g/mol. The van der Waals surface area contributed by atoms with E-state index < -0.39 is 11.6 Å². The number of halogens is 2. The van der Waals surface area contributed by atoms with Crippen LogP contribution in [-0.4, -0.2) is 0 Å². The molecule has 0 bridgehead atoms. The van der Waals surface area contributed by atoms with Crippen LogP contribution in [0, 0.1) is 35.3 Å². The summed E-state index contributed by atoms with van der Waals surface area (Å²) in [4.78, 5) is 0. The Balaban J connectivity index is 2.20. The predicted molar refractivity (Wildman–Crippen MR) is 66.6 cm³/mol. The molecule has 0 aliphatic heterocycles. The van der Waals surface area contributed by atoms with Gasteiger partial charge in [-0.2, -0.15) is 0 Å². The van der Waals surface area contributed by atoms with Gasteiger partial charge in [-0.3, -0.25) is 0 Å².